The van der Waals surface area contributed by atoms with Gasteiger partial charge >= 0.3 is 5.97 Å². The number of benzene rings is 1. The molecule has 0 radical (unpaired) electrons. The molecular formula is C23H25N3O5S3. The molecule has 11 heteroatoms. The van der Waals surface area contributed by atoms with E-state index in [1.165, 1.54) is 41.5 Å². The Labute approximate surface area is 209 Å². The van der Waals surface area contributed by atoms with Crippen molar-refractivity contribution in [3.63, 3.8) is 0 Å². The number of hydrogen-bond acceptors (Lipinski definition) is 8. The summed E-state index contributed by atoms with van der Waals surface area (Å²) in [6, 6.07) is 5.77. The average Bonchev–Trinajstić information content (AvgIpc) is 3.50. The SMILES string of the molecule is CCn1c(=NC(=O)CSCC(=O)Nc2sc3c(c2C(=O)OC)CCC3)sc2cc(OC)ccc21. The van der Waals surface area contributed by atoms with E-state index in [4.69, 9.17) is 9.47 Å². The van der Waals surface area contributed by atoms with Gasteiger partial charge in [-0.25, -0.2) is 4.79 Å². The molecule has 2 heterocycles. The maximum Gasteiger partial charge on any atom is 0.341 e. The van der Waals surface area contributed by atoms with Gasteiger partial charge in [-0.1, -0.05) is 11.3 Å². The molecule has 0 aliphatic heterocycles. The van der Waals surface area contributed by atoms with E-state index < -0.39 is 5.97 Å². The van der Waals surface area contributed by atoms with E-state index in [1.54, 1.807) is 7.11 Å². The van der Waals surface area contributed by atoms with E-state index in [9.17, 15) is 14.4 Å². The molecule has 2 aromatic heterocycles. The Balaban J connectivity index is 1.39. The number of ether oxygens (including phenoxy) is 2. The number of aryl methyl sites for hydroxylation is 2. The summed E-state index contributed by atoms with van der Waals surface area (Å²) in [5, 5.41) is 3.36. The number of fused-ring (bicyclic) bond motifs is 2. The van der Waals surface area contributed by atoms with Crippen LogP contribution in [0.5, 0.6) is 5.75 Å². The molecule has 1 aliphatic carbocycles. The Hall–Kier alpha value is -2.63. The Kier molecular flexibility index (Phi) is 7.74. The molecule has 8 nitrogen and oxygen atoms in total. The van der Waals surface area contributed by atoms with Gasteiger partial charge < -0.3 is 19.4 Å². The van der Waals surface area contributed by atoms with E-state index in [0.29, 0.717) is 21.9 Å². The van der Waals surface area contributed by atoms with Gasteiger partial charge in [0.1, 0.15) is 10.8 Å². The first kappa shape index (κ1) is 24.5. The molecule has 2 amide bonds. The van der Waals surface area contributed by atoms with Gasteiger partial charge in [-0.05, 0) is 49.9 Å². The number of carbonyl (C=O) groups excluding carboxylic acids is 3. The summed E-state index contributed by atoms with van der Waals surface area (Å²) in [4.78, 5) is 43.2. The minimum atomic E-state index is -0.429. The second-order valence-electron chi connectivity index (χ2n) is 7.56. The Morgan fingerprint density at radius 3 is 2.74 bits per heavy atom. The number of esters is 1. The lowest BCUT2D eigenvalue weighted by molar-refractivity contribution is -0.115. The van der Waals surface area contributed by atoms with Gasteiger partial charge in [0.25, 0.3) is 5.91 Å². The summed E-state index contributed by atoms with van der Waals surface area (Å²) in [5.41, 5.74) is 2.45. The first-order valence-corrected chi connectivity index (χ1v) is 13.6. The largest absolute Gasteiger partial charge is 0.497 e. The lowest BCUT2D eigenvalue weighted by Crippen LogP contribution is -2.18. The predicted molar refractivity (Wildman–Crippen MR) is 136 cm³/mol. The van der Waals surface area contributed by atoms with Crippen LogP contribution in [0.1, 0.15) is 34.1 Å². The van der Waals surface area contributed by atoms with Crippen LogP contribution in [0.2, 0.25) is 0 Å². The van der Waals surface area contributed by atoms with Crippen molar-refractivity contribution >= 4 is 67.4 Å². The number of nitrogens with zero attached hydrogens (tertiary/aromatic N) is 2. The van der Waals surface area contributed by atoms with Crippen LogP contribution in [0.15, 0.2) is 23.2 Å². The zero-order valence-electron chi connectivity index (χ0n) is 19.1. The van der Waals surface area contributed by atoms with E-state index in [-0.39, 0.29) is 23.3 Å². The Morgan fingerprint density at radius 2 is 2.00 bits per heavy atom. The third kappa shape index (κ3) is 5.06. The smallest absolute Gasteiger partial charge is 0.341 e. The van der Waals surface area contributed by atoms with Crippen LogP contribution in [0, 0.1) is 0 Å². The second-order valence-corrected chi connectivity index (χ2v) is 10.7. The van der Waals surface area contributed by atoms with Crippen molar-refractivity contribution < 1.29 is 23.9 Å². The van der Waals surface area contributed by atoms with Gasteiger partial charge in [-0.2, -0.15) is 4.99 Å². The van der Waals surface area contributed by atoms with Gasteiger partial charge in [0.05, 0.1) is 41.5 Å². The fourth-order valence-electron chi connectivity index (χ4n) is 3.91. The van der Waals surface area contributed by atoms with Crippen molar-refractivity contribution in [2.45, 2.75) is 32.7 Å². The van der Waals surface area contributed by atoms with E-state index >= 15 is 0 Å². The molecule has 0 atom stereocenters. The molecule has 0 spiro atoms. The molecule has 0 unspecified atom stereocenters. The number of methoxy groups -OCH3 is 2. The number of nitrogens with one attached hydrogen (secondary N) is 1. The van der Waals surface area contributed by atoms with Gasteiger partial charge in [-0.3, -0.25) is 9.59 Å². The standard InChI is InChI=1S/C23H25N3O5S3/c1-4-26-15-9-8-13(30-2)10-17(15)34-23(26)25-19(28)12-32-11-18(27)24-21-20(22(29)31-3)14-6-5-7-16(14)33-21/h8-10H,4-7,11-12H2,1-3H3,(H,24,27). The normalized spacial score (nSPS) is 13.2. The fraction of sp³-hybridized carbons (Fsp3) is 0.391. The lowest BCUT2D eigenvalue weighted by atomic mass is 10.1. The Bertz CT molecular complexity index is 1320. The third-order valence-corrected chi connectivity index (χ3v) is 8.61. The summed E-state index contributed by atoms with van der Waals surface area (Å²) in [6.07, 6.45) is 2.73. The molecule has 3 aromatic rings. The van der Waals surface area contributed by atoms with Crippen molar-refractivity contribution in [1.82, 2.24) is 4.57 Å². The zero-order valence-corrected chi connectivity index (χ0v) is 21.6. The first-order valence-electron chi connectivity index (χ1n) is 10.8. The number of amides is 2. The number of aromatic nitrogens is 1. The second kappa shape index (κ2) is 10.7. The predicted octanol–water partition coefficient (Wildman–Crippen LogP) is 3.87. The molecular weight excluding hydrogens is 494 g/mol. The topological polar surface area (TPSA) is 99.0 Å². The summed E-state index contributed by atoms with van der Waals surface area (Å²) in [5.74, 6) is -0.0740. The number of thiophene rings is 1. The molecule has 4 rings (SSSR count). The van der Waals surface area contributed by atoms with Crippen molar-refractivity contribution in [2.75, 3.05) is 31.0 Å². The monoisotopic (exact) mass is 519 g/mol. The number of rotatable bonds is 8. The Morgan fingerprint density at radius 1 is 1.18 bits per heavy atom. The minimum Gasteiger partial charge on any atom is -0.497 e. The summed E-state index contributed by atoms with van der Waals surface area (Å²) in [6.45, 7) is 2.68. The highest BCUT2D eigenvalue weighted by molar-refractivity contribution is 8.00. The maximum absolute atomic E-state index is 12.5. The van der Waals surface area contributed by atoms with E-state index in [1.807, 2.05) is 29.7 Å². The molecule has 1 aromatic carbocycles. The number of anilines is 1. The molecule has 34 heavy (non-hydrogen) atoms. The zero-order chi connectivity index (χ0) is 24.2. The van der Waals surface area contributed by atoms with Crippen LogP contribution >= 0.6 is 34.4 Å². The minimum absolute atomic E-state index is 0.0828. The third-order valence-electron chi connectivity index (χ3n) is 5.45. The molecule has 180 valence electrons. The van der Waals surface area contributed by atoms with E-state index in [0.717, 1.165) is 45.7 Å². The van der Waals surface area contributed by atoms with Crippen molar-refractivity contribution in [3.05, 3.63) is 39.0 Å². The van der Waals surface area contributed by atoms with Gasteiger partial charge in [-0.15, -0.1) is 23.1 Å². The van der Waals surface area contributed by atoms with Crippen LogP contribution in [0.25, 0.3) is 10.2 Å². The highest BCUT2D eigenvalue weighted by Gasteiger charge is 2.28. The van der Waals surface area contributed by atoms with Crippen LogP contribution in [0.4, 0.5) is 5.00 Å². The molecule has 0 fully saturated rings. The summed E-state index contributed by atoms with van der Waals surface area (Å²) in [7, 11) is 2.96. The van der Waals surface area contributed by atoms with Crippen molar-refractivity contribution in [3.8, 4) is 5.75 Å². The average molecular weight is 520 g/mol. The number of thioether (sulfide) groups is 1. The molecule has 0 saturated heterocycles. The first-order chi connectivity index (χ1) is 16.4. The van der Waals surface area contributed by atoms with E-state index in [2.05, 4.69) is 10.3 Å². The van der Waals surface area contributed by atoms with Gasteiger partial charge in [0, 0.05) is 11.4 Å². The lowest BCUT2D eigenvalue weighted by Gasteiger charge is -2.06. The number of thiazole rings is 1. The fourth-order valence-corrected chi connectivity index (χ4v) is 6.95. The van der Waals surface area contributed by atoms with Crippen LogP contribution < -0.4 is 14.9 Å². The number of carbonyl (C=O) groups is 3. The molecule has 1 N–H and O–H groups in total. The maximum atomic E-state index is 12.5. The van der Waals surface area contributed by atoms with Crippen LogP contribution in [-0.4, -0.2) is 48.1 Å². The van der Waals surface area contributed by atoms with Gasteiger partial charge in [0.2, 0.25) is 5.91 Å². The quantitative estimate of drug-likeness (QED) is 0.454. The van der Waals surface area contributed by atoms with Crippen molar-refractivity contribution in [2.24, 2.45) is 4.99 Å². The van der Waals surface area contributed by atoms with Crippen molar-refractivity contribution in [1.29, 1.82) is 0 Å². The summed E-state index contributed by atoms with van der Waals surface area (Å²) >= 11 is 4.06. The highest BCUT2D eigenvalue weighted by atomic mass is 32.2. The molecule has 0 bridgehead atoms. The highest BCUT2D eigenvalue weighted by Crippen LogP contribution is 2.39. The number of hydrogen-bond donors (Lipinski definition) is 1. The van der Waals surface area contributed by atoms with Crippen LogP contribution in [-0.2, 0) is 33.7 Å². The molecule has 0 saturated carbocycles. The van der Waals surface area contributed by atoms with Gasteiger partial charge in [0.15, 0.2) is 4.80 Å². The van der Waals surface area contributed by atoms with Crippen LogP contribution in [0.3, 0.4) is 0 Å². The molecule has 1 aliphatic rings. The summed E-state index contributed by atoms with van der Waals surface area (Å²) < 4.78 is 13.2.